The first-order valence-electron chi connectivity index (χ1n) is 9.82. The van der Waals surface area contributed by atoms with Gasteiger partial charge in [0.25, 0.3) is 0 Å². The lowest BCUT2D eigenvalue weighted by Gasteiger charge is -2.22. The largest absolute Gasteiger partial charge is 0.326 e. The third kappa shape index (κ3) is 6.29. The maximum absolute atomic E-state index is 11.1. The molecular weight excluding hydrogens is 382 g/mol. The van der Waals surface area contributed by atoms with E-state index in [1.807, 2.05) is 30.5 Å². The number of hydrogen-bond acceptors (Lipinski definition) is 6. The monoisotopic (exact) mass is 409 g/mol. The molecule has 2 heterocycles. The van der Waals surface area contributed by atoms with Gasteiger partial charge in [0.1, 0.15) is 11.1 Å². The van der Waals surface area contributed by atoms with Crippen LogP contribution in [0, 0.1) is 11.3 Å². The molecule has 0 saturated carbocycles. The normalized spacial score (nSPS) is 15.5. The van der Waals surface area contributed by atoms with Crippen LogP contribution in [-0.4, -0.2) is 53.1 Å². The minimum Gasteiger partial charge on any atom is -0.326 e. The predicted molar refractivity (Wildman–Crippen MR) is 117 cm³/mol. The Hall–Kier alpha value is -2.40. The molecule has 2 aromatic rings. The van der Waals surface area contributed by atoms with Gasteiger partial charge in [-0.15, -0.1) is 11.8 Å². The maximum Gasteiger partial charge on any atom is 0.221 e. The second-order valence-electron chi connectivity index (χ2n) is 7.26. The van der Waals surface area contributed by atoms with Crippen LogP contribution >= 0.6 is 11.8 Å². The summed E-state index contributed by atoms with van der Waals surface area (Å²) in [6.07, 6.45) is 3.08. The van der Waals surface area contributed by atoms with Crippen LogP contribution in [0.5, 0.6) is 0 Å². The van der Waals surface area contributed by atoms with Crippen LogP contribution in [0.4, 0.5) is 5.69 Å². The minimum absolute atomic E-state index is 0.0493. The summed E-state index contributed by atoms with van der Waals surface area (Å²) in [5.74, 6) is -0.0493. The standard InChI is InChI=1S/C22H27N5OS/c1-17(28)24-20-7-4-18(5-8-20)15-26-10-3-11-27(13-12-26)16-21-9-6-19(14-23)22(25-21)29-2/h4-9H,3,10-13,15-16H2,1-2H3,(H,24,28). The van der Waals surface area contributed by atoms with Crippen LogP contribution < -0.4 is 5.32 Å². The summed E-state index contributed by atoms with van der Waals surface area (Å²) >= 11 is 1.52. The van der Waals surface area contributed by atoms with E-state index in [4.69, 9.17) is 5.26 Å². The summed E-state index contributed by atoms with van der Waals surface area (Å²) in [7, 11) is 0. The number of aromatic nitrogens is 1. The molecule has 1 aliphatic heterocycles. The molecule has 1 aliphatic rings. The molecule has 3 rings (SSSR count). The molecule has 0 bridgehead atoms. The molecule has 1 N–H and O–H groups in total. The molecule has 0 radical (unpaired) electrons. The van der Waals surface area contributed by atoms with E-state index in [1.54, 1.807) is 0 Å². The molecule has 0 aliphatic carbocycles. The zero-order valence-electron chi connectivity index (χ0n) is 17.0. The van der Waals surface area contributed by atoms with Gasteiger partial charge in [0.05, 0.1) is 11.3 Å². The van der Waals surface area contributed by atoms with Crippen LogP contribution in [0.25, 0.3) is 0 Å². The number of carbonyl (C=O) groups is 1. The lowest BCUT2D eigenvalue weighted by molar-refractivity contribution is -0.114. The third-order valence-electron chi connectivity index (χ3n) is 4.98. The Morgan fingerprint density at radius 3 is 2.41 bits per heavy atom. The number of rotatable bonds is 6. The Morgan fingerprint density at radius 2 is 1.79 bits per heavy atom. The topological polar surface area (TPSA) is 72.3 Å². The van der Waals surface area contributed by atoms with E-state index < -0.39 is 0 Å². The van der Waals surface area contributed by atoms with Gasteiger partial charge >= 0.3 is 0 Å². The summed E-state index contributed by atoms with van der Waals surface area (Å²) in [5, 5.41) is 12.8. The number of hydrogen-bond donors (Lipinski definition) is 1. The third-order valence-corrected chi connectivity index (χ3v) is 5.68. The van der Waals surface area contributed by atoms with Crippen molar-refractivity contribution < 1.29 is 4.79 Å². The van der Waals surface area contributed by atoms with Crippen molar-refractivity contribution in [1.29, 1.82) is 5.26 Å². The Kier molecular flexibility index (Phi) is 7.64. The summed E-state index contributed by atoms with van der Waals surface area (Å²) in [6, 6.07) is 14.1. The van der Waals surface area contributed by atoms with Gasteiger partial charge in [-0.2, -0.15) is 5.26 Å². The number of carbonyl (C=O) groups excluding carboxylic acids is 1. The first-order valence-corrected chi connectivity index (χ1v) is 11.0. The zero-order valence-corrected chi connectivity index (χ0v) is 17.8. The van der Waals surface area contributed by atoms with Gasteiger partial charge in [-0.25, -0.2) is 4.98 Å². The summed E-state index contributed by atoms with van der Waals surface area (Å²) in [4.78, 5) is 20.7. The fourth-order valence-corrected chi connectivity index (χ4v) is 4.07. The first-order chi connectivity index (χ1) is 14.1. The lowest BCUT2D eigenvalue weighted by atomic mass is 10.2. The Bertz CT molecular complexity index is 878. The van der Waals surface area contributed by atoms with E-state index in [0.29, 0.717) is 5.56 Å². The van der Waals surface area contributed by atoms with Crippen molar-refractivity contribution in [2.45, 2.75) is 31.5 Å². The van der Waals surface area contributed by atoms with Crippen molar-refractivity contribution in [2.75, 3.05) is 37.8 Å². The second kappa shape index (κ2) is 10.4. The molecule has 0 unspecified atom stereocenters. The Balaban J connectivity index is 1.54. The van der Waals surface area contributed by atoms with Gasteiger partial charge in [0, 0.05) is 38.8 Å². The maximum atomic E-state index is 11.1. The average molecular weight is 410 g/mol. The zero-order chi connectivity index (χ0) is 20.6. The molecule has 1 aromatic carbocycles. The number of thioether (sulfide) groups is 1. The quantitative estimate of drug-likeness (QED) is 0.738. The minimum atomic E-state index is -0.0493. The summed E-state index contributed by atoms with van der Waals surface area (Å²) in [5.41, 5.74) is 3.76. The summed E-state index contributed by atoms with van der Waals surface area (Å²) in [6.45, 7) is 7.39. The van der Waals surface area contributed by atoms with Crippen molar-refractivity contribution in [3.63, 3.8) is 0 Å². The Morgan fingerprint density at radius 1 is 1.10 bits per heavy atom. The summed E-state index contributed by atoms with van der Waals surface area (Å²) < 4.78 is 0. The van der Waals surface area contributed by atoms with Crippen molar-refractivity contribution in [3.8, 4) is 6.07 Å². The van der Waals surface area contributed by atoms with Crippen LogP contribution in [-0.2, 0) is 17.9 Å². The fraction of sp³-hybridized carbons (Fsp3) is 0.409. The fourth-order valence-electron chi connectivity index (χ4n) is 3.53. The van der Waals surface area contributed by atoms with E-state index >= 15 is 0 Å². The van der Waals surface area contributed by atoms with Crippen LogP contribution in [0.2, 0.25) is 0 Å². The highest BCUT2D eigenvalue weighted by atomic mass is 32.2. The van der Waals surface area contributed by atoms with Gasteiger partial charge < -0.3 is 5.32 Å². The van der Waals surface area contributed by atoms with E-state index in [9.17, 15) is 4.79 Å². The molecule has 1 amide bonds. The Labute approximate surface area is 176 Å². The number of nitrogens with zero attached hydrogens (tertiary/aromatic N) is 4. The van der Waals surface area contributed by atoms with Gasteiger partial charge in [0.15, 0.2) is 0 Å². The van der Waals surface area contributed by atoms with Crippen LogP contribution in [0.3, 0.4) is 0 Å². The number of benzene rings is 1. The van der Waals surface area contributed by atoms with E-state index in [1.165, 1.54) is 24.2 Å². The highest BCUT2D eigenvalue weighted by Gasteiger charge is 2.16. The molecule has 0 atom stereocenters. The molecule has 152 valence electrons. The van der Waals surface area contributed by atoms with E-state index in [2.05, 4.69) is 38.3 Å². The molecule has 0 spiro atoms. The lowest BCUT2D eigenvalue weighted by Crippen LogP contribution is -2.30. The highest BCUT2D eigenvalue weighted by molar-refractivity contribution is 7.98. The van der Waals surface area contributed by atoms with Crippen molar-refractivity contribution in [2.24, 2.45) is 0 Å². The number of anilines is 1. The number of pyridine rings is 1. The highest BCUT2D eigenvalue weighted by Crippen LogP contribution is 2.19. The SMILES string of the molecule is CSc1nc(CN2CCCN(Cc3ccc(NC(C)=O)cc3)CC2)ccc1C#N. The molecule has 1 fully saturated rings. The molecular formula is C22H27N5OS. The second-order valence-corrected chi connectivity index (χ2v) is 8.05. The molecule has 1 aromatic heterocycles. The number of nitrogens with one attached hydrogen (secondary N) is 1. The van der Waals surface area contributed by atoms with Crippen molar-refractivity contribution >= 4 is 23.4 Å². The predicted octanol–water partition coefficient (Wildman–Crippen LogP) is 3.34. The van der Waals surface area contributed by atoms with Gasteiger partial charge in [-0.3, -0.25) is 14.6 Å². The van der Waals surface area contributed by atoms with E-state index in [0.717, 1.165) is 62.1 Å². The molecule has 6 nitrogen and oxygen atoms in total. The van der Waals surface area contributed by atoms with Gasteiger partial charge in [0.2, 0.25) is 5.91 Å². The molecule has 29 heavy (non-hydrogen) atoms. The first kappa shape index (κ1) is 21.3. The number of amides is 1. The van der Waals surface area contributed by atoms with Crippen LogP contribution in [0.1, 0.15) is 30.2 Å². The smallest absolute Gasteiger partial charge is 0.221 e. The van der Waals surface area contributed by atoms with Crippen LogP contribution in [0.15, 0.2) is 41.4 Å². The van der Waals surface area contributed by atoms with Crippen molar-refractivity contribution in [3.05, 3.63) is 53.2 Å². The van der Waals surface area contributed by atoms with Gasteiger partial charge in [-0.1, -0.05) is 12.1 Å². The molecule has 7 heteroatoms. The average Bonchev–Trinajstić information content (AvgIpc) is 2.94. The van der Waals surface area contributed by atoms with E-state index in [-0.39, 0.29) is 5.91 Å². The van der Waals surface area contributed by atoms with Gasteiger partial charge in [-0.05, 0) is 55.6 Å². The van der Waals surface area contributed by atoms with Crippen molar-refractivity contribution in [1.82, 2.24) is 14.8 Å². The molecule has 1 saturated heterocycles. The number of nitriles is 1.